The number of ether oxygens (including phenoxy) is 2. The molecule has 38 heavy (non-hydrogen) atoms. The van der Waals surface area contributed by atoms with Crippen molar-refractivity contribution in [3.05, 3.63) is 69.7 Å². The number of aromatic nitrogens is 1. The average molecular weight is 535 g/mol. The molecule has 0 bridgehead atoms. The monoisotopic (exact) mass is 534 g/mol. The lowest BCUT2D eigenvalue weighted by Gasteiger charge is -2.32. The van der Waals surface area contributed by atoms with E-state index in [1.54, 1.807) is 44.2 Å². The number of anilines is 1. The largest absolute Gasteiger partial charge is 0.481 e. The van der Waals surface area contributed by atoms with Gasteiger partial charge in [0, 0.05) is 29.4 Å². The number of carbonyl (C=O) groups excluding carboxylic acids is 1. The van der Waals surface area contributed by atoms with Crippen molar-refractivity contribution >= 4 is 40.9 Å². The van der Waals surface area contributed by atoms with Crippen molar-refractivity contribution in [1.29, 1.82) is 0 Å². The number of carboxylic acid groups (broad SMARTS) is 1. The number of amides is 1. The highest BCUT2D eigenvalue weighted by atomic mass is 35.5. The molecule has 1 saturated heterocycles. The maximum absolute atomic E-state index is 12.5. The molecule has 1 unspecified atom stereocenters. The first-order valence-electron chi connectivity index (χ1n) is 11.9. The van der Waals surface area contributed by atoms with Gasteiger partial charge in [0.15, 0.2) is 5.84 Å². The minimum absolute atomic E-state index is 0.133. The Labute approximate surface area is 223 Å². The molecule has 2 N–H and O–H groups in total. The highest BCUT2D eigenvalue weighted by Gasteiger charge is 2.46. The fourth-order valence-corrected chi connectivity index (χ4v) is 4.69. The molecule has 0 saturated carbocycles. The zero-order valence-electron chi connectivity index (χ0n) is 20.6. The number of fused-ring (bicyclic) bond motifs is 1. The third-order valence-electron chi connectivity index (χ3n) is 6.56. The van der Waals surface area contributed by atoms with Gasteiger partial charge in [0.05, 0.1) is 5.70 Å². The van der Waals surface area contributed by atoms with Gasteiger partial charge >= 0.3 is 12.1 Å². The summed E-state index contributed by atoms with van der Waals surface area (Å²) < 4.78 is 16.1. The summed E-state index contributed by atoms with van der Waals surface area (Å²) in [7, 11) is 0. The van der Waals surface area contributed by atoms with Crippen molar-refractivity contribution in [3.63, 3.8) is 0 Å². The van der Waals surface area contributed by atoms with Gasteiger partial charge in [0.1, 0.15) is 28.6 Å². The fraction of sp³-hybridized carbons (Fsp3) is 0.296. The second kappa shape index (κ2) is 10.3. The van der Waals surface area contributed by atoms with Crippen molar-refractivity contribution in [3.8, 4) is 11.8 Å². The van der Waals surface area contributed by atoms with Gasteiger partial charge in [-0.2, -0.15) is 0 Å². The Bertz CT molecular complexity index is 1500. The number of aryl methyl sites for hydroxylation is 1. The smallest absolute Gasteiger partial charge is 0.412 e. The van der Waals surface area contributed by atoms with Crippen molar-refractivity contribution in [2.45, 2.75) is 32.8 Å². The molecule has 1 atom stereocenters. The molecule has 5 rings (SSSR count). The number of halogens is 1. The number of aliphatic imine (C=N–C) groups is 2. The first kappa shape index (κ1) is 25.4. The molecule has 10 nitrogen and oxygen atoms in total. The lowest BCUT2D eigenvalue weighted by Crippen LogP contribution is -2.38. The summed E-state index contributed by atoms with van der Waals surface area (Å²) in [5.41, 5.74) is 1.90. The zero-order chi connectivity index (χ0) is 26.9. The maximum atomic E-state index is 12.5. The van der Waals surface area contributed by atoms with E-state index in [1.165, 1.54) is 0 Å². The molecule has 3 aliphatic rings. The number of amidine groups is 1. The van der Waals surface area contributed by atoms with Crippen molar-refractivity contribution in [2.75, 3.05) is 18.5 Å². The second-order valence-corrected chi connectivity index (χ2v) is 9.38. The summed E-state index contributed by atoms with van der Waals surface area (Å²) in [4.78, 5) is 33.5. The van der Waals surface area contributed by atoms with Crippen LogP contribution in [-0.2, 0) is 14.3 Å². The van der Waals surface area contributed by atoms with Crippen molar-refractivity contribution in [1.82, 2.24) is 5.16 Å². The first-order chi connectivity index (χ1) is 18.3. The number of nitrogens with zero attached hydrogens (tertiary/aromatic N) is 3. The van der Waals surface area contributed by atoms with Gasteiger partial charge in [-0.3, -0.25) is 10.1 Å². The van der Waals surface area contributed by atoms with Gasteiger partial charge in [-0.25, -0.2) is 14.8 Å². The molecule has 1 fully saturated rings. The molecule has 11 heteroatoms. The third kappa shape index (κ3) is 4.86. The van der Waals surface area contributed by atoms with Crippen LogP contribution in [0, 0.1) is 24.2 Å². The fourth-order valence-electron chi connectivity index (χ4n) is 4.40. The van der Waals surface area contributed by atoms with Gasteiger partial charge < -0.3 is 19.1 Å². The summed E-state index contributed by atoms with van der Waals surface area (Å²) >= 11 is 6.19. The Morgan fingerprint density at radius 2 is 1.95 bits per heavy atom. The number of allylic oxidation sites excluding steroid dienone is 1. The molecule has 1 aromatic heterocycles. The van der Waals surface area contributed by atoms with Crippen LogP contribution in [-0.4, -0.2) is 47.1 Å². The molecule has 1 aromatic carbocycles. The van der Waals surface area contributed by atoms with E-state index in [0.29, 0.717) is 65.2 Å². The Morgan fingerprint density at radius 1 is 1.18 bits per heavy atom. The van der Waals surface area contributed by atoms with E-state index in [4.69, 9.17) is 25.6 Å². The molecule has 0 radical (unpaired) electrons. The minimum Gasteiger partial charge on any atom is -0.481 e. The summed E-state index contributed by atoms with van der Waals surface area (Å²) in [5.74, 6) is 5.36. The maximum Gasteiger partial charge on any atom is 0.412 e. The molecular formula is C27H23ClN4O6. The number of hydrogen-bond donors (Lipinski definition) is 2. The van der Waals surface area contributed by atoms with Crippen molar-refractivity contribution in [2.24, 2.45) is 15.4 Å². The van der Waals surface area contributed by atoms with Crippen LogP contribution < -0.4 is 5.32 Å². The predicted octanol–water partition coefficient (Wildman–Crippen LogP) is 4.86. The predicted molar refractivity (Wildman–Crippen MR) is 139 cm³/mol. The third-order valence-corrected chi connectivity index (χ3v) is 6.91. The molecular weight excluding hydrogens is 512 g/mol. The normalized spacial score (nSPS) is 18.2. The number of rotatable bonds is 5. The van der Waals surface area contributed by atoms with Gasteiger partial charge in [0.2, 0.25) is 5.76 Å². The lowest BCUT2D eigenvalue weighted by molar-refractivity contribution is -0.151. The molecule has 3 aliphatic heterocycles. The Kier molecular flexibility index (Phi) is 6.89. The van der Waals surface area contributed by atoms with Crippen LogP contribution in [0.5, 0.6) is 0 Å². The van der Waals surface area contributed by atoms with Crippen LogP contribution in [0.1, 0.15) is 42.9 Å². The number of carbonyl (C=O) groups is 2. The van der Waals surface area contributed by atoms with Gasteiger partial charge in [-0.1, -0.05) is 35.0 Å². The summed E-state index contributed by atoms with van der Waals surface area (Å²) in [6.07, 6.45) is 2.88. The standard InChI is InChI=1S/C27H23ClN4O6/c1-15-23(31-26(35)37-16(2)19-5-3-4-6-20(19)28)21(38-32-15)8-7-18-13-17-14-22(30-24(17)29-18)27(25(33)34)9-11-36-12-10-27/h3-6,13-14,16H,9-12H2,1-2H3,(H,31,35)(H,33,34). The highest BCUT2D eigenvalue weighted by molar-refractivity contribution is 6.31. The first-order valence-corrected chi connectivity index (χ1v) is 12.3. The Morgan fingerprint density at radius 3 is 2.66 bits per heavy atom. The quantitative estimate of drug-likeness (QED) is 0.523. The number of benzene rings is 1. The number of hydrogen-bond acceptors (Lipinski definition) is 8. The van der Waals surface area contributed by atoms with Crippen LogP contribution >= 0.6 is 11.6 Å². The van der Waals surface area contributed by atoms with Crippen molar-refractivity contribution < 1.29 is 28.7 Å². The Hall–Kier alpha value is -4.20. The second-order valence-electron chi connectivity index (χ2n) is 8.98. The molecule has 2 aromatic rings. The van der Waals surface area contributed by atoms with Crippen LogP contribution in [0.15, 0.2) is 62.2 Å². The van der Waals surface area contributed by atoms with Crippen LogP contribution in [0.2, 0.25) is 5.02 Å². The van der Waals surface area contributed by atoms with Crippen LogP contribution in [0.4, 0.5) is 10.5 Å². The van der Waals surface area contributed by atoms with Gasteiger partial charge in [0.25, 0.3) is 0 Å². The highest BCUT2D eigenvalue weighted by Crippen LogP contribution is 2.42. The SMILES string of the molecule is Cc1noc(C#CC2=NC3=NC(C4(C(=O)O)CCOCC4)=CC3=C2)c1NC(=O)OC(C)c1ccccc1Cl. The van der Waals surface area contributed by atoms with E-state index in [0.717, 1.165) is 0 Å². The topological polar surface area (TPSA) is 136 Å². The summed E-state index contributed by atoms with van der Waals surface area (Å²) in [5, 5.41) is 16.9. The molecule has 0 aliphatic carbocycles. The van der Waals surface area contributed by atoms with E-state index in [2.05, 4.69) is 32.3 Å². The number of nitrogens with one attached hydrogen (secondary N) is 1. The van der Waals surface area contributed by atoms with Crippen LogP contribution in [0.3, 0.4) is 0 Å². The molecule has 4 heterocycles. The zero-order valence-corrected chi connectivity index (χ0v) is 21.3. The summed E-state index contributed by atoms with van der Waals surface area (Å²) in [6.45, 7) is 4.12. The van der Waals surface area contributed by atoms with Crippen LogP contribution in [0.25, 0.3) is 0 Å². The Balaban J connectivity index is 1.28. The number of aliphatic carboxylic acids is 1. The van der Waals surface area contributed by atoms with E-state index in [-0.39, 0.29) is 11.4 Å². The van der Waals surface area contributed by atoms with E-state index >= 15 is 0 Å². The van der Waals surface area contributed by atoms with Gasteiger partial charge in [-0.15, -0.1) is 0 Å². The summed E-state index contributed by atoms with van der Waals surface area (Å²) in [6, 6.07) is 7.10. The van der Waals surface area contributed by atoms with E-state index < -0.39 is 23.6 Å². The van der Waals surface area contributed by atoms with E-state index in [9.17, 15) is 14.7 Å². The average Bonchev–Trinajstić information content (AvgIpc) is 3.57. The van der Waals surface area contributed by atoms with Gasteiger partial charge in [-0.05, 0) is 56.7 Å². The molecule has 194 valence electrons. The minimum atomic E-state index is -1.08. The van der Waals surface area contributed by atoms with E-state index in [1.807, 2.05) is 6.07 Å². The molecule has 0 spiro atoms. The lowest BCUT2D eigenvalue weighted by atomic mass is 9.77. The molecule has 1 amide bonds. The number of carboxylic acids is 1.